The molecule has 0 spiro atoms. The second-order valence-corrected chi connectivity index (χ2v) is 4.47. The number of hydrogen-bond acceptors (Lipinski definition) is 5. The van der Waals surface area contributed by atoms with E-state index in [9.17, 15) is 4.79 Å². The first-order valence-electron chi connectivity index (χ1n) is 4.79. The fraction of sp³-hybridized carbons (Fsp3) is 0.667. The zero-order chi connectivity index (χ0) is 10.8. The van der Waals surface area contributed by atoms with Gasteiger partial charge in [-0.25, -0.2) is 0 Å². The van der Waals surface area contributed by atoms with Crippen LogP contribution in [0.2, 0.25) is 0 Å². The molecule has 1 aliphatic rings. The summed E-state index contributed by atoms with van der Waals surface area (Å²) in [4.78, 5) is 14.2. The molecule has 1 aromatic heterocycles. The Hall–Kier alpha value is -1.01. The second kappa shape index (κ2) is 4.24. The van der Waals surface area contributed by atoms with Gasteiger partial charge in [-0.05, 0) is 24.4 Å². The minimum Gasteiger partial charge on any atom is -0.381 e. The van der Waals surface area contributed by atoms with Crippen molar-refractivity contribution in [2.75, 3.05) is 14.2 Å². The van der Waals surface area contributed by atoms with E-state index in [1.807, 2.05) is 7.05 Å². The average molecular weight is 227 g/mol. The quantitative estimate of drug-likeness (QED) is 0.766. The van der Waals surface area contributed by atoms with E-state index in [1.54, 1.807) is 12.0 Å². The van der Waals surface area contributed by atoms with Crippen LogP contribution in [0.15, 0.2) is 6.20 Å². The molecule has 0 radical (unpaired) electrons. The first-order chi connectivity index (χ1) is 7.22. The van der Waals surface area contributed by atoms with Crippen LogP contribution in [0.3, 0.4) is 0 Å². The normalized spacial score (nSPS) is 24.7. The van der Waals surface area contributed by atoms with E-state index in [0.717, 1.165) is 24.4 Å². The third-order valence-electron chi connectivity index (χ3n) is 2.84. The lowest BCUT2D eigenvalue weighted by atomic mass is 9.88. The Morgan fingerprint density at radius 3 is 2.93 bits per heavy atom. The second-order valence-electron chi connectivity index (χ2n) is 3.68. The van der Waals surface area contributed by atoms with Crippen LogP contribution in [0.5, 0.6) is 0 Å². The Balaban J connectivity index is 1.92. The number of methoxy groups -OCH3 is 1. The van der Waals surface area contributed by atoms with Crippen LogP contribution >= 0.6 is 11.5 Å². The van der Waals surface area contributed by atoms with Crippen molar-refractivity contribution in [1.82, 2.24) is 14.5 Å². The van der Waals surface area contributed by atoms with Crippen LogP contribution in [0, 0.1) is 0 Å². The van der Waals surface area contributed by atoms with Gasteiger partial charge in [0.1, 0.15) is 4.88 Å². The summed E-state index contributed by atoms with van der Waals surface area (Å²) in [6.07, 6.45) is 3.66. The summed E-state index contributed by atoms with van der Waals surface area (Å²) in [6, 6.07) is 0.296. The van der Waals surface area contributed by atoms with E-state index in [-0.39, 0.29) is 5.91 Å². The summed E-state index contributed by atoms with van der Waals surface area (Å²) in [5.41, 5.74) is 0. The molecule has 0 aromatic carbocycles. The van der Waals surface area contributed by atoms with Crippen molar-refractivity contribution in [2.45, 2.75) is 25.0 Å². The number of hydrogen-bond donors (Lipinski definition) is 0. The van der Waals surface area contributed by atoms with Crippen molar-refractivity contribution < 1.29 is 9.53 Å². The molecular weight excluding hydrogens is 214 g/mol. The lowest BCUT2D eigenvalue weighted by molar-refractivity contribution is -0.0143. The molecule has 1 aliphatic carbocycles. The van der Waals surface area contributed by atoms with Gasteiger partial charge >= 0.3 is 0 Å². The fourth-order valence-electron chi connectivity index (χ4n) is 1.65. The van der Waals surface area contributed by atoms with Crippen LogP contribution in [0.4, 0.5) is 0 Å². The highest BCUT2D eigenvalue weighted by Gasteiger charge is 2.34. The molecular formula is C9H13N3O2S. The van der Waals surface area contributed by atoms with E-state index in [1.165, 1.54) is 6.20 Å². The third-order valence-corrected chi connectivity index (χ3v) is 3.50. The van der Waals surface area contributed by atoms with Crippen LogP contribution in [-0.2, 0) is 4.74 Å². The zero-order valence-corrected chi connectivity index (χ0v) is 9.53. The van der Waals surface area contributed by atoms with Gasteiger partial charge in [-0.15, -0.1) is 5.10 Å². The third kappa shape index (κ3) is 2.00. The Morgan fingerprint density at radius 1 is 1.67 bits per heavy atom. The monoisotopic (exact) mass is 227 g/mol. The molecule has 1 heterocycles. The number of nitrogens with zero attached hydrogens (tertiary/aromatic N) is 3. The number of amides is 1. The van der Waals surface area contributed by atoms with Gasteiger partial charge in [0.05, 0.1) is 12.3 Å². The van der Waals surface area contributed by atoms with Gasteiger partial charge in [0.15, 0.2) is 0 Å². The summed E-state index contributed by atoms with van der Waals surface area (Å²) in [7, 11) is 3.52. The predicted molar refractivity (Wildman–Crippen MR) is 55.8 cm³/mol. The SMILES string of the molecule is COC1CC(N(C)C(=O)c2cnns2)C1. The minimum absolute atomic E-state index is 0.00422. The standard InChI is InChI=1S/C9H13N3O2S/c1-12(6-3-7(4-6)14-2)9(13)8-5-10-11-15-8/h5-7H,3-4H2,1-2H3. The fourth-order valence-corrected chi connectivity index (χ4v) is 2.15. The summed E-state index contributed by atoms with van der Waals surface area (Å²) in [5.74, 6) is 0.00422. The zero-order valence-electron chi connectivity index (χ0n) is 8.71. The molecule has 2 rings (SSSR count). The molecule has 0 saturated heterocycles. The average Bonchev–Trinajstić information content (AvgIpc) is 2.67. The summed E-state index contributed by atoms with van der Waals surface area (Å²) >= 11 is 1.13. The topological polar surface area (TPSA) is 55.3 Å². The van der Waals surface area contributed by atoms with E-state index < -0.39 is 0 Å². The minimum atomic E-state index is 0.00422. The van der Waals surface area contributed by atoms with Gasteiger partial charge in [-0.2, -0.15) is 0 Å². The number of carbonyl (C=O) groups is 1. The molecule has 1 aromatic rings. The van der Waals surface area contributed by atoms with Gasteiger partial charge in [0, 0.05) is 20.2 Å². The molecule has 0 N–H and O–H groups in total. The molecule has 0 atom stereocenters. The Bertz CT molecular complexity index is 335. The van der Waals surface area contributed by atoms with Crippen LogP contribution in [0.25, 0.3) is 0 Å². The molecule has 0 bridgehead atoms. The van der Waals surface area contributed by atoms with Gasteiger partial charge in [-0.1, -0.05) is 4.49 Å². The van der Waals surface area contributed by atoms with Crippen molar-refractivity contribution in [1.29, 1.82) is 0 Å². The largest absolute Gasteiger partial charge is 0.381 e. The van der Waals surface area contributed by atoms with E-state index in [0.29, 0.717) is 17.0 Å². The molecule has 1 amide bonds. The van der Waals surface area contributed by atoms with Crippen LogP contribution in [-0.4, -0.2) is 46.7 Å². The van der Waals surface area contributed by atoms with Gasteiger partial charge in [0.25, 0.3) is 5.91 Å². The Labute approximate surface area is 92.2 Å². The van der Waals surface area contributed by atoms with Crippen molar-refractivity contribution in [3.8, 4) is 0 Å². The van der Waals surface area contributed by atoms with Gasteiger partial charge in [-0.3, -0.25) is 4.79 Å². The highest BCUT2D eigenvalue weighted by Crippen LogP contribution is 2.28. The van der Waals surface area contributed by atoms with E-state index in [4.69, 9.17) is 4.74 Å². The predicted octanol–water partition coefficient (Wildman–Crippen LogP) is 0.788. The number of rotatable bonds is 3. The van der Waals surface area contributed by atoms with E-state index >= 15 is 0 Å². The lowest BCUT2D eigenvalue weighted by Gasteiger charge is -2.39. The lowest BCUT2D eigenvalue weighted by Crippen LogP contribution is -2.48. The summed E-state index contributed by atoms with van der Waals surface area (Å²) in [5, 5.41) is 3.66. The first kappa shape index (κ1) is 10.5. The molecule has 0 unspecified atom stereocenters. The van der Waals surface area contributed by atoms with E-state index in [2.05, 4.69) is 9.59 Å². The smallest absolute Gasteiger partial charge is 0.267 e. The number of carbonyl (C=O) groups excluding carboxylic acids is 1. The molecule has 1 fully saturated rings. The van der Waals surface area contributed by atoms with Crippen molar-refractivity contribution in [3.63, 3.8) is 0 Å². The van der Waals surface area contributed by atoms with Crippen molar-refractivity contribution in [3.05, 3.63) is 11.1 Å². The molecule has 82 valence electrons. The van der Waals surface area contributed by atoms with Crippen LogP contribution in [0.1, 0.15) is 22.5 Å². The summed E-state index contributed by atoms with van der Waals surface area (Å²) in [6.45, 7) is 0. The van der Waals surface area contributed by atoms with Gasteiger partial charge in [0.2, 0.25) is 0 Å². The molecule has 0 aliphatic heterocycles. The highest BCUT2D eigenvalue weighted by atomic mass is 32.1. The maximum Gasteiger partial charge on any atom is 0.267 e. The first-order valence-corrected chi connectivity index (χ1v) is 5.57. The number of ether oxygens (including phenoxy) is 1. The maximum absolute atomic E-state index is 11.9. The molecule has 6 heteroatoms. The molecule has 1 saturated carbocycles. The molecule has 15 heavy (non-hydrogen) atoms. The maximum atomic E-state index is 11.9. The molecule has 5 nitrogen and oxygen atoms in total. The highest BCUT2D eigenvalue weighted by molar-refractivity contribution is 7.07. The summed E-state index contributed by atoms with van der Waals surface area (Å²) < 4.78 is 8.86. The Morgan fingerprint density at radius 2 is 2.40 bits per heavy atom. The Kier molecular flexibility index (Phi) is 2.97. The van der Waals surface area contributed by atoms with Crippen molar-refractivity contribution in [2.24, 2.45) is 0 Å². The van der Waals surface area contributed by atoms with Crippen LogP contribution < -0.4 is 0 Å². The number of aromatic nitrogens is 2. The van der Waals surface area contributed by atoms with Gasteiger partial charge < -0.3 is 9.64 Å². The van der Waals surface area contributed by atoms with Crippen molar-refractivity contribution >= 4 is 17.4 Å².